The van der Waals surface area contributed by atoms with Crippen molar-refractivity contribution in [1.29, 1.82) is 0 Å². The molecule has 1 atom stereocenters. The molecule has 1 aliphatic heterocycles. The lowest BCUT2D eigenvalue weighted by molar-refractivity contribution is -0.130. The van der Waals surface area contributed by atoms with E-state index in [1.807, 2.05) is 6.92 Å². The molecule has 6 nitrogen and oxygen atoms in total. The molecule has 1 unspecified atom stereocenters. The highest BCUT2D eigenvalue weighted by molar-refractivity contribution is 5.84. The van der Waals surface area contributed by atoms with Gasteiger partial charge in [-0.15, -0.1) is 0 Å². The molecule has 104 valence electrons. The first-order chi connectivity index (χ1) is 9.07. The number of carbonyl (C=O) groups excluding carboxylic acids is 1. The predicted octanol–water partition coefficient (Wildman–Crippen LogP) is 0.984. The first-order valence-corrected chi connectivity index (χ1v) is 6.38. The third-order valence-electron chi connectivity index (χ3n) is 3.70. The molecule has 0 radical (unpaired) electrons. The van der Waals surface area contributed by atoms with Crippen molar-refractivity contribution in [3.8, 4) is 0 Å². The highest BCUT2D eigenvalue weighted by atomic mass is 16.4. The third-order valence-corrected chi connectivity index (χ3v) is 3.70. The second kappa shape index (κ2) is 5.44. The van der Waals surface area contributed by atoms with Crippen LogP contribution in [0.2, 0.25) is 0 Å². The molecule has 0 aromatic carbocycles. The van der Waals surface area contributed by atoms with E-state index in [1.54, 1.807) is 6.07 Å². The van der Waals surface area contributed by atoms with Crippen molar-refractivity contribution < 1.29 is 19.1 Å². The molecule has 6 heteroatoms. The molecule has 0 spiro atoms. The fourth-order valence-electron chi connectivity index (χ4n) is 2.34. The summed E-state index contributed by atoms with van der Waals surface area (Å²) in [6.45, 7) is 3.76. The van der Waals surface area contributed by atoms with Crippen molar-refractivity contribution in [3.05, 3.63) is 23.7 Å². The highest BCUT2D eigenvalue weighted by Gasteiger charge is 2.39. The molecule has 1 aliphatic rings. The van der Waals surface area contributed by atoms with Gasteiger partial charge in [0.1, 0.15) is 5.76 Å². The van der Waals surface area contributed by atoms with Gasteiger partial charge in [-0.05, 0) is 31.5 Å². The van der Waals surface area contributed by atoms with E-state index in [2.05, 4.69) is 10.6 Å². The Labute approximate surface area is 111 Å². The minimum Gasteiger partial charge on any atom is -0.475 e. The Bertz CT molecular complexity index is 475. The van der Waals surface area contributed by atoms with Gasteiger partial charge < -0.3 is 20.2 Å². The summed E-state index contributed by atoms with van der Waals surface area (Å²) in [6.07, 6.45) is 1.61. The van der Waals surface area contributed by atoms with Crippen LogP contribution in [0.3, 0.4) is 0 Å². The van der Waals surface area contributed by atoms with Gasteiger partial charge in [0.05, 0.1) is 12.0 Å². The molecule has 1 fully saturated rings. The lowest BCUT2D eigenvalue weighted by Crippen LogP contribution is -2.41. The molecule has 2 heterocycles. The van der Waals surface area contributed by atoms with Crippen LogP contribution < -0.4 is 10.6 Å². The van der Waals surface area contributed by atoms with E-state index in [0.29, 0.717) is 12.3 Å². The van der Waals surface area contributed by atoms with Gasteiger partial charge in [-0.3, -0.25) is 4.79 Å². The summed E-state index contributed by atoms with van der Waals surface area (Å²) < 4.78 is 5.09. The van der Waals surface area contributed by atoms with Crippen molar-refractivity contribution in [2.24, 2.45) is 5.41 Å². The Morgan fingerprint density at radius 2 is 2.32 bits per heavy atom. The molecular weight excluding hydrogens is 248 g/mol. The molecule has 0 bridgehead atoms. The Morgan fingerprint density at radius 3 is 2.84 bits per heavy atom. The average molecular weight is 266 g/mol. The number of carboxylic acids is 1. The monoisotopic (exact) mass is 266 g/mol. The first-order valence-electron chi connectivity index (χ1n) is 6.38. The van der Waals surface area contributed by atoms with Gasteiger partial charge in [-0.25, -0.2) is 4.79 Å². The normalized spacial score (nSPS) is 22.4. The van der Waals surface area contributed by atoms with Crippen LogP contribution in [-0.2, 0) is 11.3 Å². The van der Waals surface area contributed by atoms with Crippen LogP contribution in [0.25, 0.3) is 0 Å². The number of amides is 1. The van der Waals surface area contributed by atoms with E-state index in [-0.39, 0.29) is 23.6 Å². The van der Waals surface area contributed by atoms with Crippen LogP contribution in [0, 0.1) is 5.41 Å². The summed E-state index contributed by atoms with van der Waals surface area (Å²) >= 11 is 0. The Hall–Kier alpha value is -1.82. The zero-order chi connectivity index (χ0) is 13.9. The Kier molecular flexibility index (Phi) is 3.90. The summed E-state index contributed by atoms with van der Waals surface area (Å²) in [5.74, 6) is -0.782. The number of carbonyl (C=O) groups is 2. The molecular formula is C13H18N2O4. The SMILES string of the molecule is CCC1(C(=O)NCc2ccc(C(=O)O)o2)CCNC1. The minimum atomic E-state index is -1.11. The van der Waals surface area contributed by atoms with Crippen molar-refractivity contribution in [2.75, 3.05) is 13.1 Å². The number of hydrogen-bond acceptors (Lipinski definition) is 4. The summed E-state index contributed by atoms with van der Waals surface area (Å²) in [5.41, 5.74) is -0.345. The van der Waals surface area contributed by atoms with Crippen molar-refractivity contribution in [3.63, 3.8) is 0 Å². The number of furan rings is 1. The van der Waals surface area contributed by atoms with E-state index >= 15 is 0 Å². The third kappa shape index (κ3) is 2.78. The van der Waals surface area contributed by atoms with Gasteiger partial charge >= 0.3 is 5.97 Å². The lowest BCUT2D eigenvalue weighted by atomic mass is 9.83. The summed E-state index contributed by atoms with van der Waals surface area (Å²) in [6, 6.07) is 2.95. The number of nitrogens with one attached hydrogen (secondary N) is 2. The molecule has 1 aromatic rings. The Balaban J connectivity index is 1.94. The maximum Gasteiger partial charge on any atom is 0.371 e. The van der Waals surface area contributed by atoms with Crippen LogP contribution in [0.5, 0.6) is 0 Å². The van der Waals surface area contributed by atoms with Gasteiger partial charge in [-0.2, -0.15) is 0 Å². The highest BCUT2D eigenvalue weighted by Crippen LogP contribution is 2.29. The van der Waals surface area contributed by atoms with Crippen molar-refractivity contribution >= 4 is 11.9 Å². The maximum atomic E-state index is 12.2. The molecule has 3 N–H and O–H groups in total. The predicted molar refractivity (Wildman–Crippen MR) is 67.7 cm³/mol. The smallest absolute Gasteiger partial charge is 0.371 e. The van der Waals surface area contributed by atoms with Crippen LogP contribution in [0.1, 0.15) is 36.1 Å². The van der Waals surface area contributed by atoms with E-state index in [4.69, 9.17) is 9.52 Å². The fourth-order valence-corrected chi connectivity index (χ4v) is 2.34. The van der Waals surface area contributed by atoms with Gasteiger partial charge in [0, 0.05) is 6.54 Å². The van der Waals surface area contributed by atoms with Gasteiger partial charge in [-0.1, -0.05) is 6.92 Å². The molecule has 0 aliphatic carbocycles. The topological polar surface area (TPSA) is 91.6 Å². The second-order valence-electron chi connectivity index (χ2n) is 4.81. The van der Waals surface area contributed by atoms with Crippen LogP contribution in [0.15, 0.2) is 16.5 Å². The molecule has 2 rings (SSSR count). The molecule has 0 saturated carbocycles. The van der Waals surface area contributed by atoms with Gasteiger partial charge in [0.25, 0.3) is 0 Å². The largest absolute Gasteiger partial charge is 0.475 e. The molecule has 19 heavy (non-hydrogen) atoms. The number of hydrogen-bond donors (Lipinski definition) is 3. The summed E-state index contributed by atoms with van der Waals surface area (Å²) in [5, 5.41) is 14.8. The molecule has 1 aromatic heterocycles. The number of rotatable bonds is 5. The zero-order valence-corrected chi connectivity index (χ0v) is 10.9. The average Bonchev–Trinajstić information content (AvgIpc) is 3.05. The number of carboxylic acid groups (broad SMARTS) is 1. The van der Waals surface area contributed by atoms with Gasteiger partial charge in [0.2, 0.25) is 11.7 Å². The van der Waals surface area contributed by atoms with Crippen molar-refractivity contribution in [2.45, 2.75) is 26.3 Å². The van der Waals surface area contributed by atoms with Crippen LogP contribution >= 0.6 is 0 Å². The number of aromatic carboxylic acids is 1. The molecule has 1 saturated heterocycles. The first kappa shape index (κ1) is 13.6. The van der Waals surface area contributed by atoms with E-state index in [0.717, 1.165) is 19.4 Å². The fraction of sp³-hybridized carbons (Fsp3) is 0.538. The zero-order valence-electron chi connectivity index (χ0n) is 10.9. The van der Waals surface area contributed by atoms with E-state index in [1.165, 1.54) is 6.07 Å². The van der Waals surface area contributed by atoms with Gasteiger partial charge in [0.15, 0.2) is 0 Å². The van der Waals surface area contributed by atoms with Crippen LogP contribution in [-0.4, -0.2) is 30.1 Å². The summed E-state index contributed by atoms with van der Waals surface area (Å²) in [7, 11) is 0. The summed E-state index contributed by atoms with van der Waals surface area (Å²) in [4.78, 5) is 22.9. The lowest BCUT2D eigenvalue weighted by Gasteiger charge is -2.24. The van der Waals surface area contributed by atoms with Crippen LogP contribution in [0.4, 0.5) is 0 Å². The standard InChI is InChI=1S/C13H18N2O4/c1-2-13(5-6-14-8-13)12(18)15-7-9-3-4-10(19-9)11(16)17/h3-4,14H,2,5-8H2,1H3,(H,15,18)(H,16,17). The van der Waals surface area contributed by atoms with Crippen molar-refractivity contribution in [1.82, 2.24) is 10.6 Å². The second-order valence-corrected chi connectivity index (χ2v) is 4.81. The van der Waals surface area contributed by atoms with E-state index in [9.17, 15) is 9.59 Å². The maximum absolute atomic E-state index is 12.2. The van der Waals surface area contributed by atoms with E-state index < -0.39 is 5.97 Å². The Morgan fingerprint density at radius 1 is 1.53 bits per heavy atom. The quantitative estimate of drug-likeness (QED) is 0.739. The minimum absolute atomic E-state index is 0.00623. The molecule has 1 amide bonds.